The highest BCUT2D eigenvalue weighted by Crippen LogP contribution is 2.23. The fourth-order valence-corrected chi connectivity index (χ4v) is 3.08. The van der Waals surface area contributed by atoms with Crippen LogP contribution in [0.3, 0.4) is 0 Å². The van der Waals surface area contributed by atoms with E-state index in [9.17, 15) is 4.79 Å². The van der Waals surface area contributed by atoms with Gasteiger partial charge in [0.15, 0.2) is 5.16 Å². The van der Waals surface area contributed by atoms with E-state index in [1.165, 1.54) is 11.8 Å². The zero-order valence-corrected chi connectivity index (χ0v) is 14.1. The lowest BCUT2D eigenvalue weighted by Crippen LogP contribution is -2.30. The molecule has 1 amide bonds. The number of nitrogens with one attached hydrogen (secondary N) is 1. The van der Waals surface area contributed by atoms with E-state index in [4.69, 9.17) is 0 Å². The van der Waals surface area contributed by atoms with E-state index in [0.29, 0.717) is 11.7 Å². The highest BCUT2D eigenvalue weighted by atomic mass is 32.2. The third kappa shape index (κ3) is 4.02. The Hall–Kier alpha value is -2.60. The van der Waals surface area contributed by atoms with Crippen molar-refractivity contribution in [2.24, 2.45) is 0 Å². The Balaban J connectivity index is 1.62. The van der Waals surface area contributed by atoms with E-state index in [1.54, 1.807) is 6.33 Å². The maximum atomic E-state index is 12.3. The average Bonchev–Trinajstić information content (AvgIpc) is 3.09. The van der Waals surface area contributed by atoms with Gasteiger partial charge in [0.25, 0.3) is 0 Å². The van der Waals surface area contributed by atoms with Gasteiger partial charge in [-0.1, -0.05) is 60.3 Å². The summed E-state index contributed by atoms with van der Waals surface area (Å²) in [6.07, 6.45) is 1.66. The summed E-state index contributed by atoms with van der Waals surface area (Å²) in [7, 11) is 0. The Morgan fingerprint density at radius 2 is 1.79 bits per heavy atom. The molecule has 1 heterocycles. The summed E-state index contributed by atoms with van der Waals surface area (Å²) < 4.78 is 1.88. The van der Waals surface area contributed by atoms with Gasteiger partial charge in [0, 0.05) is 12.2 Å². The highest BCUT2D eigenvalue weighted by Gasteiger charge is 2.18. The van der Waals surface area contributed by atoms with Crippen LogP contribution in [0.15, 0.2) is 72.1 Å². The number of amides is 1. The van der Waals surface area contributed by atoms with Gasteiger partial charge in [-0.05, 0) is 24.6 Å². The molecular weight excluding hydrogens is 320 g/mol. The summed E-state index contributed by atoms with van der Waals surface area (Å²) in [5, 5.41) is 11.5. The van der Waals surface area contributed by atoms with Crippen LogP contribution < -0.4 is 5.32 Å². The van der Waals surface area contributed by atoms with Crippen LogP contribution in [0.1, 0.15) is 12.5 Å². The molecule has 0 fully saturated rings. The monoisotopic (exact) mass is 338 g/mol. The van der Waals surface area contributed by atoms with Crippen molar-refractivity contribution in [3.05, 3.63) is 72.6 Å². The smallest absolute Gasteiger partial charge is 0.233 e. The Labute approximate surface area is 145 Å². The standard InChI is InChI=1S/C18H18N4OS/c1-14(17(23)19-12-15-8-4-2-5-9-15)24-18-21-20-13-22(18)16-10-6-3-7-11-16/h2-11,13-14H,12H2,1H3,(H,19,23). The Morgan fingerprint density at radius 1 is 1.12 bits per heavy atom. The van der Waals surface area contributed by atoms with Crippen molar-refractivity contribution in [2.45, 2.75) is 23.9 Å². The molecule has 1 N–H and O–H groups in total. The molecule has 122 valence electrons. The predicted octanol–water partition coefficient (Wildman–Crippen LogP) is 3.06. The van der Waals surface area contributed by atoms with Crippen molar-refractivity contribution in [3.8, 4) is 5.69 Å². The van der Waals surface area contributed by atoms with Crippen molar-refractivity contribution in [2.75, 3.05) is 0 Å². The maximum Gasteiger partial charge on any atom is 0.233 e. The topological polar surface area (TPSA) is 59.8 Å². The molecule has 0 radical (unpaired) electrons. The van der Waals surface area contributed by atoms with Gasteiger partial charge < -0.3 is 5.32 Å². The molecule has 3 aromatic rings. The summed E-state index contributed by atoms with van der Waals surface area (Å²) in [6, 6.07) is 19.7. The first-order valence-electron chi connectivity index (χ1n) is 7.68. The van der Waals surface area contributed by atoms with Crippen LogP contribution in [0.5, 0.6) is 0 Å². The molecule has 6 heteroatoms. The SMILES string of the molecule is CC(Sc1nncn1-c1ccccc1)C(=O)NCc1ccccc1. The summed E-state index contributed by atoms with van der Waals surface area (Å²) in [5.74, 6) is -0.0218. The zero-order chi connectivity index (χ0) is 16.8. The van der Waals surface area contributed by atoms with Crippen LogP contribution in [0.2, 0.25) is 0 Å². The summed E-state index contributed by atoms with van der Waals surface area (Å²) >= 11 is 1.39. The molecule has 5 nitrogen and oxygen atoms in total. The second kappa shape index (κ2) is 7.79. The van der Waals surface area contributed by atoms with Crippen LogP contribution in [0, 0.1) is 0 Å². The Kier molecular flexibility index (Phi) is 5.28. The minimum Gasteiger partial charge on any atom is -0.351 e. The van der Waals surface area contributed by atoms with Crippen molar-refractivity contribution < 1.29 is 4.79 Å². The Morgan fingerprint density at radius 3 is 2.50 bits per heavy atom. The number of rotatable bonds is 6. The van der Waals surface area contributed by atoms with E-state index >= 15 is 0 Å². The molecule has 3 rings (SSSR count). The molecule has 1 atom stereocenters. The first-order valence-corrected chi connectivity index (χ1v) is 8.56. The lowest BCUT2D eigenvalue weighted by atomic mass is 10.2. The quantitative estimate of drug-likeness (QED) is 0.702. The Bertz CT molecular complexity index is 789. The van der Waals surface area contributed by atoms with Gasteiger partial charge in [-0.25, -0.2) is 0 Å². The average molecular weight is 338 g/mol. The summed E-state index contributed by atoms with van der Waals surface area (Å²) in [6.45, 7) is 2.39. The lowest BCUT2D eigenvalue weighted by Gasteiger charge is -2.12. The molecule has 0 spiro atoms. The third-order valence-electron chi connectivity index (χ3n) is 3.51. The number of nitrogens with zero attached hydrogens (tertiary/aromatic N) is 3. The van der Waals surface area contributed by atoms with Gasteiger partial charge in [0.05, 0.1) is 5.25 Å². The minimum atomic E-state index is -0.264. The third-order valence-corrected chi connectivity index (χ3v) is 4.57. The second-order valence-electron chi connectivity index (χ2n) is 5.28. The van der Waals surface area contributed by atoms with E-state index < -0.39 is 0 Å². The number of para-hydroxylation sites is 1. The van der Waals surface area contributed by atoms with Crippen molar-refractivity contribution in [1.82, 2.24) is 20.1 Å². The summed E-state index contributed by atoms with van der Waals surface area (Å²) in [5.41, 5.74) is 2.05. The van der Waals surface area contributed by atoms with Gasteiger partial charge in [0.2, 0.25) is 5.91 Å². The first kappa shape index (κ1) is 16.3. The van der Waals surface area contributed by atoms with Gasteiger partial charge in [0.1, 0.15) is 6.33 Å². The molecule has 2 aromatic carbocycles. The number of benzene rings is 2. The molecule has 0 bridgehead atoms. The fourth-order valence-electron chi connectivity index (χ4n) is 2.21. The molecule has 24 heavy (non-hydrogen) atoms. The fraction of sp³-hybridized carbons (Fsp3) is 0.167. The van der Waals surface area contributed by atoms with Gasteiger partial charge >= 0.3 is 0 Å². The molecule has 1 aromatic heterocycles. The van der Waals surface area contributed by atoms with Crippen molar-refractivity contribution in [3.63, 3.8) is 0 Å². The van der Waals surface area contributed by atoms with Crippen LogP contribution >= 0.6 is 11.8 Å². The number of thioether (sulfide) groups is 1. The predicted molar refractivity (Wildman–Crippen MR) is 95.0 cm³/mol. The molecule has 0 saturated heterocycles. The second-order valence-corrected chi connectivity index (χ2v) is 6.59. The summed E-state index contributed by atoms with van der Waals surface area (Å²) in [4.78, 5) is 12.3. The minimum absolute atomic E-state index is 0.0218. The lowest BCUT2D eigenvalue weighted by molar-refractivity contribution is -0.120. The van der Waals surface area contributed by atoms with Crippen molar-refractivity contribution in [1.29, 1.82) is 0 Å². The number of carbonyl (C=O) groups excluding carboxylic acids is 1. The van der Waals surface area contributed by atoms with E-state index in [2.05, 4.69) is 15.5 Å². The van der Waals surface area contributed by atoms with E-state index in [1.807, 2.05) is 72.2 Å². The zero-order valence-electron chi connectivity index (χ0n) is 13.3. The number of hydrogen-bond acceptors (Lipinski definition) is 4. The van der Waals surface area contributed by atoms with Crippen molar-refractivity contribution >= 4 is 17.7 Å². The van der Waals surface area contributed by atoms with E-state index in [0.717, 1.165) is 11.3 Å². The molecule has 0 saturated carbocycles. The highest BCUT2D eigenvalue weighted by molar-refractivity contribution is 8.00. The van der Waals surface area contributed by atoms with Gasteiger partial charge in [-0.15, -0.1) is 10.2 Å². The first-order chi connectivity index (χ1) is 11.7. The van der Waals surface area contributed by atoms with Crippen LogP contribution in [0.4, 0.5) is 0 Å². The van der Waals surface area contributed by atoms with Crippen LogP contribution in [-0.4, -0.2) is 25.9 Å². The largest absolute Gasteiger partial charge is 0.351 e. The number of hydrogen-bond donors (Lipinski definition) is 1. The molecule has 0 aliphatic heterocycles. The van der Waals surface area contributed by atoms with Gasteiger partial charge in [-0.2, -0.15) is 0 Å². The molecule has 0 aliphatic rings. The molecular formula is C18H18N4OS. The maximum absolute atomic E-state index is 12.3. The van der Waals surface area contributed by atoms with Crippen LogP contribution in [0.25, 0.3) is 5.69 Å². The molecule has 0 aliphatic carbocycles. The van der Waals surface area contributed by atoms with Gasteiger partial charge in [-0.3, -0.25) is 9.36 Å². The number of carbonyl (C=O) groups is 1. The van der Waals surface area contributed by atoms with E-state index in [-0.39, 0.29) is 11.2 Å². The normalized spacial score (nSPS) is 11.9. The van der Waals surface area contributed by atoms with Crippen LogP contribution in [-0.2, 0) is 11.3 Å². The number of aromatic nitrogens is 3. The molecule has 1 unspecified atom stereocenters.